The molecule has 1 N–H and O–H groups in total. The lowest BCUT2D eigenvalue weighted by atomic mass is 10.2. The van der Waals surface area contributed by atoms with Gasteiger partial charge >= 0.3 is 0 Å². The number of sulfonamides is 1. The summed E-state index contributed by atoms with van der Waals surface area (Å²) in [4.78, 5) is 12.0. The number of benzene rings is 1. The fourth-order valence-electron chi connectivity index (χ4n) is 2.48. The topological polar surface area (TPSA) is 75.7 Å². The molecule has 0 aliphatic heterocycles. The van der Waals surface area contributed by atoms with Crippen molar-refractivity contribution in [3.63, 3.8) is 0 Å². The third-order valence-corrected chi connectivity index (χ3v) is 5.44. The lowest BCUT2D eigenvalue weighted by Crippen LogP contribution is -2.37. The monoisotopic (exact) mass is 384 g/mol. The van der Waals surface area contributed by atoms with E-state index in [1.54, 1.807) is 24.3 Å². The van der Waals surface area contributed by atoms with Crippen LogP contribution in [0.3, 0.4) is 0 Å². The van der Waals surface area contributed by atoms with E-state index in [1.165, 1.54) is 4.31 Å². The van der Waals surface area contributed by atoms with Gasteiger partial charge in [0.15, 0.2) is 0 Å². The number of anilines is 1. The molecule has 0 aromatic heterocycles. The maximum atomic E-state index is 12.9. The van der Waals surface area contributed by atoms with Crippen LogP contribution in [0.15, 0.2) is 29.2 Å². The highest BCUT2D eigenvalue weighted by Gasteiger charge is 2.25. The molecule has 0 spiro atoms. The van der Waals surface area contributed by atoms with Crippen LogP contribution in [-0.2, 0) is 19.6 Å². The van der Waals surface area contributed by atoms with Crippen LogP contribution in [0.5, 0.6) is 0 Å². The van der Waals surface area contributed by atoms with Gasteiger partial charge in [-0.25, -0.2) is 8.42 Å². The molecule has 1 rings (SSSR count). The summed E-state index contributed by atoms with van der Waals surface area (Å²) in [5.74, 6) is 0.329. The molecule has 0 heterocycles. The zero-order chi connectivity index (χ0) is 19.7. The molecule has 0 saturated heterocycles. The number of hydrogen-bond donors (Lipinski definition) is 1. The van der Waals surface area contributed by atoms with Crippen molar-refractivity contribution in [1.82, 2.24) is 4.31 Å². The number of rotatable bonds is 11. The van der Waals surface area contributed by atoms with E-state index in [4.69, 9.17) is 4.74 Å². The number of carbonyl (C=O) groups excluding carboxylic acids is 1. The van der Waals surface area contributed by atoms with Crippen LogP contribution in [0.4, 0.5) is 5.69 Å². The van der Waals surface area contributed by atoms with Crippen molar-refractivity contribution in [2.45, 2.75) is 45.9 Å². The summed E-state index contributed by atoms with van der Waals surface area (Å²) >= 11 is 0. The minimum absolute atomic E-state index is 0.157. The number of amides is 1. The van der Waals surface area contributed by atoms with Gasteiger partial charge in [-0.15, -0.1) is 0 Å². The molecule has 148 valence electrons. The highest BCUT2D eigenvalue weighted by Crippen LogP contribution is 2.21. The summed E-state index contributed by atoms with van der Waals surface area (Å²) in [5.41, 5.74) is 0.574. The van der Waals surface area contributed by atoms with Crippen LogP contribution in [0.2, 0.25) is 0 Å². The Labute approximate surface area is 158 Å². The molecule has 6 nitrogen and oxygen atoms in total. The molecule has 26 heavy (non-hydrogen) atoms. The highest BCUT2D eigenvalue weighted by atomic mass is 32.2. The first-order valence-electron chi connectivity index (χ1n) is 9.14. The second-order valence-electron chi connectivity index (χ2n) is 7.13. The van der Waals surface area contributed by atoms with Gasteiger partial charge in [0, 0.05) is 25.4 Å². The quantitative estimate of drug-likeness (QED) is 0.594. The third kappa shape index (κ3) is 7.43. The molecule has 0 aliphatic carbocycles. The van der Waals surface area contributed by atoms with Crippen LogP contribution >= 0.6 is 0 Å². The molecule has 0 atom stereocenters. The summed E-state index contributed by atoms with van der Waals surface area (Å²) in [7, 11) is -3.55. The molecule has 0 aliphatic rings. The lowest BCUT2D eigenvalue weighted by molar-refractivity contribution is -0.117. The van der Waals surface area contributed by atoms with Crippen molar-refractivity contribution in [2.75, 3.05) is 31.6 Å². The summed E-state index contributed by atoms with van der Waals surface area (Å²) in [5, 5.41) is 2.75. The molecule has 0 radical (unpaired) electrons. The molecule has 1 aromatic rings. The van der Waals surface area contributed by atoms with Gasteiger partial charge in [0.2, 0.25) is 15.9 Å². The average Bonchev–Trinajstić information content (AvgIpc) is 2.54. The zero-order valence-corrected chi connectivity index (χ0v) is 17.3. The molecule has 0 fully saturated rings. The fraction of sp³-hybridized carbons (Fsp3) is 0.632. The van der Waals surface area contributed by atoms with E-state index >= 15 is 0 Å². The largest absolute Gasteiger partial charge is 0.381 e. The number of ether oxygens (including phenoxy) is 1. The predicted molar refractivity (Wildman–Crippen MR) is 105 cm³/mol. The van der Waals surface area contributed by atoms with Crippen molar-refractivity contribution in [2.24, 2.45) is 11.8 Å². The number of nitrogens with one attached hydrogen (secondary N) is 1. The van der Waals surface area contributed by atoms with Gasteiger partial charge in [-0.2, -0.15) is 4.31 Å². The number of carbonyl (C=O) groups is 1. The molecular weight excluding hydrogens is 352 g/mol. The van der Waals surface area contributed by atoms with Crippen molar-refractivity contribution in [3.8, 4) is 0 Å². The fourth-order valence-corrected chi connectivity index (χ4v) is 4.24. The molecule has 7 heteroatoms. The van der Waals surface area contributed by atoms with Gasteiger partial charge < -0.3 is 10.1 Å². The second kappa shape index (κ2) is 10.6. The Morgan fingerprint density at radius 2 is 1.62 bits per heavy atom. The molecule has 1 amide bonds. The van der Waals surface area contributed by atoms with Crippen molar-refractivity contribution >= 4 is 21.6 Å². The predicted octanol–water partition coefficient (Wildman–Crippen LogP) is 3.35. The summed E-state index contributed by atoms with van der Waals surface area (Å²) < 4.78 is 32.6. The number of nitrogens with zero attached hydrogens (tertiary/aromatic N) is 1. The Balaban J connectivity index is 2.85. The second-order valence-corrected chi connectivity index (χ2v) is 9.07. The molecule has 0 bridgehead atoms. The Hall–Kier alpha value is -1.44. The van der Waals surface area contributed by atoms with E-state index in [0.29, 0.717) is 32.0 Å². The Bertz CT molecular complexity index is 645. The first kappa shape index (κ1) is 22.6. The summed E-state index contributed by atoms with van der Waals surface area (Å²) in [6.07, 6.45) is 0.268. The van der Waals surface area contributed by atoms with Gasteiger partial charge in [0.25, 0.3) is 0 Å². The van der Waals surface area contributed by atoms with E-state index in [9.17, 15) is 13.2 Å². The van der Waals surface area contributed by atoms with E-state index < -0.39 is 10.0 Å². The maximum Gasteiger partial charge on any atom is 0.243 e. The SMILES string of the molecule is CCOCCC(=O)Nc1ccc(S(=O)(=O)N(CC(C)C)CC(C)C)cc1. The molecule has 0 saturated carbocycles. The van der Waals surface area contributed by atoms with Gasteiger partial charge in [-0.3, -0.25) is 4.79 Å². The van der Waals surface area contributed by atoms with Crippen molar-refractivity contribution < 1.29 is 17.9 Å². The summed E-state index contributed by atoms with van der Waals surface area (Å²) in [6.45, 7) is 11.8. The number of hydrogen-bond acceptors (Lipinski definition) is 4. The minimum atomic E-state index is -3.55. The molecular formula is C19H32N2O4S. The molecule has 1 aromatic carbocycles. The van der Waals surface area contributed by atoms with Crippen LogP contribution in [0.1, 0.15) is 41.0 Å². The normalized spacial score (nSPS) is 12.2. The Kier molecular flexibility index (Phi) is 9.25. The van der Waals surface area contributed by atoms with E-state index in [0.717, 1.165) is 0 Å². The highest BCUT2D eigenvalue weighted by molar-refractivity contribution is 7.89. The average molecular weight is 385 g/mol. The van der Waals surface area contributed by atoms with Crippen molar-refractivity contribution in [1.29, 1.82) is 0 Å². The van der Waals surface area contributed by atoms with Crippen LogP contribution in [0.25, 0.3) is 0 Å². The Morgan fingerprint density at radius 1 is 1.08 bits per heavy atom. The first-order chi connectivity index (χ1) is 12.2. The van der Waals surface area contributed by atoms with Gasteiger partial charge in [0.05, 0.1) is 17.9 Å². The first-order valence-corrected chi connectivity index (χ1v) is 10.6. The van der Waals surface area contributed by atoms with E-state index in [1.807, 2.05) is 34.6 Å². The van der Waals surface area contributed by atoms with Crippen molar-refractivity contribution in [3.05, 3.63) is 24.3 Å². The van der Waals surface area contributed by atoms with Gasteiger partial charge in [-0.05, 0) is 43.0 Å². The van der Waals surface area contributed by atoms with Crippen LogP contribution in [-0.4, -0.2) is 44.9 Å². The van der Waals surface area contributed by atoms with Gasteiger partial charge in [0.1, 0.15) is 0 Å². The molecule has 0 unspecified atom stereocenters. The standard InChI is InChI=1S/C19H32N2O4S/c1-6-25-12-11-19(22)20-17-7-9-18(10-8-17)26(23,24)21(13-15(2)3)14-16(4)5/h7-10,15-16H,6,11-14H2,1-5H3,(H,20,22). The summed E-state index contributed by atoms with van der Waals surface area (Å²) in [6, 6.07) is 6.32. The minimum Gasteiger partial charge on any atom is -0.381 e. The zero-order valence-electron chi connectivity index (χ0n) is 16.5. The maximum absolute atomic E-state index is 12.9. The van der Waals surface area contributed by atoms with Crippen LogP contribution in [0, 0.1) is 11.8 Å². The third-order valence-electron chi connectivity index (χ3n) is 3.59. The van der Waals surface area contributed by atoms with E-state index in [2.05, 4.69) is 5.32 Å². The van der Waals surface area contributed by atoms with E-state index in [-0.39, 0.29) is 29.1 Å². The van der Waals surface area contributed by atoms with Gasteiger partial charge in [-0.1, -0.05) is 27.7 Å². The van der Waals surface area contributed by atoms with Crippen LogP contribution < -0.4 is 5.32 Å². The lowest BCUT2D eigenvalue weighted by Gasteiger charge is -2.25. The Morgan fingerprint density at radius 3 is 2.08 bits per heavy atom. The smallest absolute Gasteiger partial charge is 0.243 e.